The average molecular weight is 407 g/mol. The van der Waals surface area contributed by atoms with E-state index in [9.17, 15) is 13.2 Å². The minimum absolute atomic E-state index is 0.0107. The minimum Gasteiger partial charge on any atom is -0.285 e. The second-order valence-electron chi connectivity index (χ2n) is 7.66. The maximum Gasteiger partial charge on any atom is 0.334 e. The Kier molecular flexibility index (Phi) is 6.42. The summed E-state index contributed by atoms with van der Waals surface area (Å²) in [6.07, 6.45) is 4.03. The van der Waals surface area contributed by atoms with Gasteiger partial charge in [0.05, 0.1) is 18.1 Å². The second kappa shape index (κ2) is 8.63. The van der Waals surface area contributed by atoms with Gasteiger partial charge in [0.1, 0.15) is 0 Å². The largest absolute Gasteiger partial charge is 0.334 e. The van der Waals surface area contributed by atoms with Gasteiger partial charge < -0.3 is 0 Å². The van der Waals surface area contributed by atoms with Crippen LogP contribution in [0.4, 0.5) is 0 Å². The molecule has 2 aromatic rings. The predicted octanol–water partition coefficient (Wildman–Crippen LogP) is 2.01. The van der Waals surface area contributed by atoms with Gasteiger partial charge in [-0.25, -0.2) is 17.9 Å². The number of aryl methyl sites for hydroxylation is 2. The highest BCUT2D eigenvalue weighted by Crippen LogP contribution is 2.14. The number of nitrogens with zero attached hydrogens (tertiary/aromatic N) is 3. The van der Waals surface area contributed by atoms with E-state index in [2.05, 4.69) is 9.62 Å². The highest BCUT2D eigenvalue weighted by molar-refractivity contribution is 7.89. The first-order valence-electron chi connectivity index (χ1n) is 9.87. The fourth-order valence-electron chi connectivity index (χ4n) is 3.72. The van der Waals surface area contributed by atoms with Crippen LogP contribution in [0.5, 0.6) is 0 Å². The normalized spacial score (nSPS) is 16.5. The molecule has 0 bridgehead atoms. The van der Waals surface area contributed by atoms with Crippen LogP contribution in [-0.2, 0) is 16.7 Å². The van der Waals surface area contributed by atoms with E-state index in [4.69, 9.17) is 0 Å². The molecule has 1 aromatic carbocycles. The molecule has 7 nitrogen and oxygen atoms in total. The maximum atomic E-state index is 12.9. The third-order valence-corrected chi connectivity index (χ3v) is 6.82. The number of rotatable bonds is 7. The van der Waals surface area contributed by atoms with Crippen LogP contribution in [0.1, 0.15) is 37.4 Å². The van der Waals surface area contributed by atoms with E-state index in [1.54, 1.807) is 9.13 Å². The van der Waals surface area contributed by atoms with Crippen LogP contribution in [0.15, 0.2) is 35.3 Å². The fraction of sp³-hybridized carbons (Fsp3) is 0.550. The zero-order valence-electron chi connectivity index (χ0n) is 16.9. The van der Waals surface area contributed by atoms with Crippen molar-refractivity contribution < 1.29 is 8.42 Å². The van der Waals surface area contributed by atoms with Gasteiger partial charge in [0.25, 0.3) is 0 Å². The van der Waals surface area contributed by atoms with Crippen LogP contribution in [0.3, 0.4) is 0 Å². The maximum absolute atomic E-state index is 12.9. The molecule has 1 N–H and O–H groups in total. The summed E-state index contributed by atoms with van der Waals surface area (Å²) in [7, 11) is -3.18. The van der Waals surface area contributed by atoms with Gasteiger partial charge in [-0.3, -0.25) is 14.0 Å². The zero-order valence-corrected chi connectivity index (χ0v) is 17.7. The third kappa shape index (κ3) is 4.92. The predicted molar refractivity (Wildman–Crippen MR) is 111 cm³/mol. The molecule has 1 saturated heterocycles. The van der Waals surface area contributed by atoms with E-state index < -0.39 is 10.0 Å². The molecule has 0 amide bonds. The molecular weight excluding hydrogens is 376 g/mol. The second-order valence-corrected chi connectivity index (χ2v) is 9.54. The number of piperidine rings is 1. The lowest BCUT2D eigenvalue weighted by molar-refractivity contribution is 0.164. The smallest absolute Gasteiger partial charge is 0.285 e. The van der Waals surface area contributed by atoms with Crippen molar-refractivity contribution >= 4 is 10.0 Å². The van der Waals surface area contributed by atoms with Gasteiger partial charge in [0, 0.05) is 31.0 Å². The number of imidazole rings is 1. The van der Waals surface area contributed by atoms with Gasteiger partial charge in [0.2, 0.25) is 10.0 Å². The van der Waals surface area contributed by atoms with E-state index in [-0.39, 0.29) is 17.5 Å². The van der Waals surface area contributed by atoms with Crippen molar-refractivity contribution in [2.45, 2.75) is 52.7 Å². The molecule has 1 aliphatic heterocycles. The lowest BCUT2D eigenvalue weighted by Gasteiger charge is -2.32. The Morgan fingerprint density at radius 3 is 2.36 bits per heavy atom. The molecule has 2 heterocycles. The van der Waals surface area contributed by atoms with Crippen LogP contribution in [0.25, 0.3) is 5.69 Å². The number of hydrogen-bond donors (Lipinski definition) is 1. The van der Waals surface area contributed by atoms with Gasteiger partial charge in [0.15, 0.2) is 0 Å². The minimum atomic E-state index is -3.18. The molecule has 1 aliphatic rings. The Labute approximate surface area is 167 Å². The van der Waals surface area contributed by atoms with E-state index in [1.165, 1.54) is 0 Å². The van der Waals surface area contributed by atoms with Crippen molar-refractivity contribution in [3.05, 3.63) is 52.2 Å². The van der Waals surface area contributed by atoms with E-state index >= 15 is 0 Å². The van der Waals surface area contributed by atoms with Gasteiger partial charge in [-0.2, -0.15) is 0 Å². The summed E-state index contributed by atoms with van der Waals surface area (Å²) in [4.78, 5) is 15.1. The molecular formula is C20H30N4O3S. The highest BCUT2D eigenvalue weighted by Gasteiger charge is 2.23. The lowest BCUT2D eigenvalue weighted by Crippen LogP contribution is -2.46. The van der Waals surface area contributed by atoms with Gasteiger partial charge in [-0.15, -0.1) is 0 Å². The molecule has 0 unspecified atom stereocenters. The van der Waals surface area contributed by atoms with Gasteiger partial charge in [-0.1, -0.05) is 24.6 Å². The number of aromatic nitrogens is 2. The number of nitrogens with one attached hydrogen (secondary N) is 1. The summed E-state index contributed by atoms with van der Waals surface area (Å²) in [5, 5.41) is 0. The summed E-state index contributed by atoms with van der Waals surface area (Å²) >= 11 is 0. The third-order valence-electron chi connectivity index (χ3n) is 5.18. The molecule has 28 heavy (non-hydrogen) atoms. The van der Waals surface area contributed by atoms with E-state index in [1.807, 2.05) is 51.2 Å². The van der Waals surface area contributed by atoms with Crippen molar-refractivity contribution in [1.29, 1.82) is 0 Å². The summed E-state index contributed by atoms with van der Waals surface area (Å²) in [5.41, 5.74) is 2.88. The fourth-order valence-corrected chi connectivity index (χ4v) is 5.12. The lowest BCUT2D eigenvalue weighted by atomic mass is 10.1. The average Bonchev–Trinajstić information content (AvgIpc) is 2.91. The molecule has 3 rings (SSSR count). The molecule has 0 atom stereocenters. The summed E-state index contributed by atoms with van der Waals surface area (Å²) in [6, 6.07) is 7.92. The first-order valence-corrected chi connectivity index (χ1v) is 11.5. The molecule has 154 valence electrons. The monoisotopic (exact) mass is 406 g/mol. The molecule has 0 spiro atoms. The van der Waals surface area contributed by atoms with Crippen molar-refractivity contribution in [2.75, 3.05) is 18.8 Å². The molecule has 8 heteroatoms. The molecule has 0 radical (unpaired) electrons. The SMILES string of the molecule is CCCS(=O)(=O)NC1CCN(Cn2cc(C)n(-c3ccc(C)cc3)c2=O)CC1. The number of benzene rings is 1. The Morgan fingerprint density at radius 2 is 1.75 bits per heavy atom. The van der Waals surface area contributed by atoms with Crippen LogP contribution in [-0.4, -0.2) is 47.3 Å². The van der Waals surface area contributed by atoms with Crippen LogP contribution in [0, 0.1) is 13.8 Å². The molecule has 0 saturated carbocycles. The topological polar surface area (TPSA) is 76.3 Å². The van der Waals surface area contributed by atoms with E-state index in [0.717, 1.165) is 42.9 Å². The standard InChI is InChI=1S/C20H30N4O3S/c1-4-13-28(26,27)21-18-9-11-22(12-10-18)15-23-14-17(3)24(20(23)25)19-7-5-16(2)6-8-19/h5-8,14,18,21H,4,9-13,15H2,1-3H3. The van der Waals surface area contributed by atoms with Crippen molar-refractivity contribution in [2.24, 2.45) is 0 Å². The number of hydrogen-bond acceptors (Lipinski definition) is 4. The number of sulfonamides is 1. The summed E-state index contributed by atoms with van der Waals surface area (Å²) in [6.45, 7) is 7.88. The zero-order chi connectivity index (χ0) is 20.3. The van der Waals surface area contributed by atoms with E-state index in [0.29, 0.717) is 13.1 Å². The van der Waals surface area contributed by atoms with Crippen molar-refractivity contribution in [3.63, 3.8) is 0 Å². The quantitative estimate of drug-likeness (QED) is 0.763. The van der Waals surface area contributed by atoms with Crippen molar-refractivity contribution in [3.8, 4) is 5.69 Å². The Bertz CT molecular complexity index is 952. The summed E-state index contributed by atoms with van der Waals surface area (Å²) in [5.74, 6) is 0.175. The highest BCUT2D eigenvalue weighted by atomic mass is 32.2. The Morgan fingerprint density at radius 1 is 1.11 bits per heavy atom. The van der Waals surface area contributed by atoms with Crippen LogP contribution >= 0.6 is 0 Å². The summed E-state index contributed by atoms with van der Waals surface area (Å²) < 4.78 is 30.1. The van der Waals surface area contributed by atoms with Crippen LogP contribution < -0.4 is 10.4 Å². The molecule has 1 fully saturated rings. The van der Waals surface area contributed by atoms with Crippen molar-refractivity contribution in [1.82, 2.24) is 18.8 Å². The van der Waals surface area contributed by atoms with Crippen LogP contribution in [0.2, 0.25) is 0 Å². The Hall–Kier alpha value is -1.90. The first-order chi connectivity index (χ1) is 13.3. The molecule has 1 aromatic heterocycles. The number of likely N-dealkylation sites (tertiary alicyclic amines) is 1. The first kappa shape index (κ1) is 20.8. The molecule has 0 aliphatic carbocycles. The van der Waals surface area contributed by atoms with Gasteiger partial charge in [-0.05, 0) is 45.2 Å². The van der Waals surface area contributed by atoms with Gasteiger partial charge >= 0.3 is 5.69 Å². The Balaban J connectivity index is 1.64.